The van der Waals surface area contributed by atoms with Crippen molar-refractivity contribution in [1.82, 2.24) is 0 Å². The van der Waals surface area contributed by atoms with Crippen molar-refractivity contribution in [2.24, 2.45) is 5.73 Å². The molecule has 1 aliphatic rings. The number of allylic oxidation sites excluding steroid dienone is 1. The fraction of sp³-hybridized carbons (Fsp3) is 0.120. The van der Waals surface area contributed by atoms with E-state index in [2.05, 4.69) is 6.07 Å². The Labute approximate surface area is 200 Å². The number of nitrogens with zero attached hydrogens (tertiary/aromatic N) is 1. The number of esters is 1. The predicted molar refractivity (Wildman–Crippen MR) is 125 cm³/mol. The molecule has 33 heavy (non-hydrogen) atoms. The highest BCUT2D eigenvalue weighted by atomic mass is 35.5. The van der Waals surface area contributed by atoms with E-state index in [0.717, 1.165) is 16.7 Å². The van der Waals surface area contributed by atoms with Crippen molar-refractivity contribution in [3.63, 3.8) is 0 Å². The number of nitriles is 1. The summed E-state index contributed by atoms with van der Waals surface area (Å²) < 4.78 is 16.3. The zero-order valence-electron chi connectivity index (χ0n) is 17.7. The minimum absolute atomic E-state index is 0.00719. The summed E-state index contributed by atoms with van der Waals surface area (Å²) in [4.78, 5) is 12.7. The lowest BCUT2D eigenvalue weighted by atomic mass is 9.83. The Morgan fingerprint density at radius 1 is 1.09 bits per heavy atom. The molecule has 1 atom stereocenters. The molecule has 0 fully saturated rings. The molecule has 6 nitrogen and oxygen atoms in total. The normalized spacial score (nSPS) is 14.7. The molecule has 8 heteroatoms. The van der Waals surface area contributed by atoms with Crippen LogP contribution in [0.4, 0.5) is 0 Å². The third kappa shape index (κ3) is 4.34. The van der Waals surface area contributed by atoms with Crippen molar-refractivity contribution in [1.29, 1.82) is 5.26 Å². The van der Waals surface area contributed by atoms with Crippen LogP contribution in [0.2, 0.25) is 10.0 Å². The number of aryl methyl sites for hydroxylation is 1. The van der Waals surface area contributed by atoms with E-state index in [0.29, 0.717) is 11.3 Å². The Bertz CT molecular complexity index is 1300. The lowest BCUT2D eigenvalue weighted by Crippen LogP contribution is -2.21. The average Bonchev–Trinajstić information content (AvgIpc) is 2.78. The Balaban J connectivity index is 1.67. The summed E-state index contributed by atoms with van der Waals surface area (Å²) in [6, 6.07) is 17.8. The lowest BCUT2D eigenvalue weighted by Gasteiger charge is -2.26. The van der Waals surface area contributed by atoms with E-state index >= 15 is 0 Å². The number of hydrogen-bond donors (Lipinski definition) is 1. The third-order valence-electron chi connectivity index (χ3n) is 5.25. The molecule has 1 aliphatic heterocycles. The van der Waals surface area contributed by atoms with E-state index in [9.17, 15) is 10.1 Å². The van der Waals surface area contributed by atoms with Gasteiger partial charge in [0.1, 0.15) is 23.1 Å². The van der Waals surface area contributed by atoms with Gasteiger partial charge in [-0.2, -0.15) is 5.26 Å². The number of nitrogens with two attached hydrogens (primary N) is 1. The van der Waals surface area contributed by atoms with E-state index in [4.69, 9.17) is 43.1 Å². The van der Waals surface area contributed by atoms with Crippen LogP contribution in [0, 0.1) is 18.3 Å². The molecule has 166 valence electrons. The van der Waals surface area contributed by atoms with Gasteiger partial charge in [-0.05, 0) is 30.7 Å². The molecule has 1 heterocycles. The van der Waals surface area contributed by atoms with Gasteiger partial charge in [-0.25, -0.2) is 4.79 Å². The Morgan fingerprint density at radius 2 is 1.76 bits per heavy atom. The zero-order valence-corrected chi connectivity index (χ0v) is 19.2. The zero-order chi connectivity index (χ0) is 23.7. The molecule has 0 saturated heterocycles. The average molecular weight is 481 g/mol. The van der Waals surface area contributed by atoms with Crippen LogP contribution in [0.3, 0.4) is 0 Å². The summed E-state index contributed by atoms with van der Waals surface area (Å²) in [5.74, 6) is -0.148. The van der Waals surface area contributed by atoms with Gasteiger partial charge in [-0.1, -0.05) is 59.1 Å². The summed E-state index contributed by atoms with van der Waals surface area (Å²) in [7, 11) is 1.43. The van der Waals surface area contributed by atoms with Crippen LogP contribution in [0.25, 0.3) is 0 Å². The fourth-order valence-corrected chi connectivity index (χ4v) is 4.28. The van der Waals surface area contributed by atoms with E-state index < -0.39 is 11.9 Å². The molecule has 1 unspecified atom stereocenters. The van der Waals surface area contributed by atoms with Gasteiger partial charge in [0.25, 0.3) is 0 Å². The predicted octanol–water partition coefficient (Wildman–Crippen LogP) is 5.75. The number of hydrogen-bond acceptors (Lipinski definition) is 6. The van der Waals surface area contributed by atoms with Crippen molar-refractivity contribution in [2.45, 2.75) is 12.8 Å². The highest BCUT2D eigenvalue weighted by Gasteiger charge is 2.31. The van der Waals surface area contributed by atoms with Crippen LogP contribution in [0.1, 0.15) is 33.0 Å². The molecule has 0 spiro atoms. The SMILES string of the molecule is COc1c(Cl)cc(C(=O)Oc2ccc3c(c2)OC(N)=C(C#N)C3c2ccc(C)cc2)cc1Cl. The second-order valence-corrected chi connectivity index (χ2v) is 8.21. The largest absolute Gasteiger partial charge is 0.494 e. The summed E-state index contributed by atoms with van der Waals surface area (Å²) in [5, 5.41) is 10.1. The van der Waals surface area contributed by atoms with Crippen LogP contribution in [-0.4, -0.2) is 13.1 Å². The van der Waals surface area contributed by atoms with Gasteiger partial charge in [-0.3, -0.25) is 0 Å². The highest BCUT2D eigenvalue weighted by Crippen LogP contribution is 2.43. The highest BCUT2D eigenvalue weighted by molar-refractivity contribution is 6.37. The van der Waals surface area contributed by atoms with E-state index in [1.165, 1.54) is 19.2 Å². The first kappa shape index (κ1) is 22.5. The van der Waals surface area contributed by atoms with Crippen LogP contribution >= 0.6 is 23.2 Å². The minimum Gasteiger partial charge on any atom is -0.494 e. The molecular formula is C25H18Cl2N2O4. The summed E-state index contributed by atoms with van der Waals surface area (Å²) in [5.41, 5.74) is 9.26. The van der Waals surface area contributed by atoms with Crippen molar-refractivity contribution in [3.8, 4) is 23.3 Å². The van der Waals surface area contributed by atoms with Crippen molar-refractivity contribution in [2.75, 3.05) is 7.11 Å². The molecule has 0 saturated carbocycles. The minimum atomic E-state index is -0.659. The van der Waals surface area contributed by atoms with Crippen LogP contribution < -0.4 is 19.9 Å². The first-order valence-electron chi connectivity index (χ1n) is 9.85. The maximum absolute atomic E-state index is 12.7. The van der Waals surface area contributed by atoms with Gasteiger partial charge in [-0.15, -0.1) is 0 Å². The molecule has 3 aromatic rings. The number of carbonyl (C=O) groups is 1. The molecule has 3 aromatic carbocycles. The van der Waals surface area contributed by atoms with Gasteiger partial charge in [0.15, 0.2) is 5.75 Å². The molecule has 0 radical (unpaired) electrons. The Hall–Kier alpha value is -3.66. The van der Waals surface area contributed by atoms with E-state index in [1.807, 2.05) is 31.2 Å². The van der Waals surface area contributed by atoms with Gasteiger partial charge in [0.2, 0.25) is 5.88 Å². The lowest BCUT2D eigenvalue weighted by molar-refractivity contribution is 0.0734. The first-order valence-corrected chi connectivity index (χ1v) is 10.6. The number of methoxy groups -OCH3 is 1. The van der Waals surface area contributed by atoms with Crippen molar-refractivity contribution in [3.05, 3.63) is 98.4 Å². The van der Waals surface area contributed by atoms with Crippen LogP contribution in [-0.2, 0) is 0 Å². The molecule has 0 bridgehead atoms. The number of carbonyl (C=O) groups excluding carboxylic acids is 1. The monoisotopic (exact) mass is 480 g/mol. The summed E-state index contributed by atoms with van der Waals surface area (Å²) in [6.07, 6.45) is 0. The van der Waals surface area contributed by atoms with Gasteiger partial charge in [0, 0.05) is 11.6 Å². The molecule has 4 rings (SSSR count). The number of fused-ring (bicyclic) bond motifs is 1. The second-order valence-electron chi connectivity index (χ2n) is 7.40. The maximum atomic E-state index is 12.7. The van der Waals surface area contributed by atoms with Crippen LogP contribution in [0.15, 0.2) is 66.1 Å². The number of ether oxygens (including phenoxy) is 3. The van der Waals surface area contributed by atoms with E-state index in [1.54, 1.807) is 18.2 Å². The smallest absolute Gasteiger partial charge is 0.343 e. The first-order chi connectivity index (χ1) is 15.8. The fourth-order valence-electron chi connectivity index (χ4n) is 3.64. The molecule has 0 aliphatic carbocycles. The van der Waals surface area contributed by atoms with Crippen LogP contribution in [0.5, 0.6) is 17.2 Å². The number of benzene rings is 3. The van der Waals surface area contributed by atoms with Crippen molar-refractivity contribution >= 4 is 29.2 Å². The molecule has 0 aromatic heterocycles. The van der Waals surface area contributed by atoms with Gasteiger partial charge in [0.05, 0.1) is 28.6 Å². The maximum Gasteiger partial charge on any atom is 0.343 e. The van der Waals surface area contributed by atoms with E-state index in [-0.39, 0.29) is 33.0 Å². The number of rotatable bonds is 4. The van der Waals surface area contributed by atoms with Gasteiger partial charge < -0.3 is 19.9 Å². The quantitative estimate of drug-likeness (QED) is 0.377. The van der Waals surface area contributed by atoms with Gasteiger partial charge >= 0.3 is 5.97 Å². The topological polar surface area (TPSA) is 94.6 Å². The molecule has 0 amide bonds. The Kier molecular flexibility index (Phi) is 6.19. The number of halogens is 2. The third-order valence-corrected chi connectivity index (χ3v) is 5.81. The summed E-state index contributed by atoms with van der Waals surface area (Å²) in [6.45, 7) is 1.99. The van der Waals surface area contributed by atoms with Crippen molar-refractivity contribution < 1.29 is 19.0 Å². The molecule has 2 N–H and O–H groups in total. The summed E-state index contributed by atoms with van der Waals surface area (Å²) >= 11 is 12.2. The second kappa shape index (κ2) is 9.07. The standard InChI is InChI=1S/C25H18Cl2N2O4/c1-13-3-5-14(6-4-13)22-17-8-7-16(11-21(17)33-24(29)18(22)12-28)32-25(30)15-9-19(26)23(31-2)20(27)10-15/h3-11,22H,29H2,1-2H3. The Morgan fingerprint density at radius 3 is 2.36 bits per heavy atom. The molecular weight excluding hydrogens is 463 g/mol.